The van der Waals surface area contributed by atoms with Crippen LogP contribution in [-0.4, -0.2) is 20.8 Å². The Morgan fingerprint density at radius 2 is 2.33 bits per heavy atom. The van der Waals surface area contributed by atoms with Crippen molar-refractivity contribution in [2.75, 3.05) is 0 Å². The second-order valence-electron chi connectivity index (χ2n) is 3.63. The van der Waals surface area contributed by atoms with Crippen LogP contribution in [0.5, 0.6) is 0 Å². The van der Waals surface area contributed by atoms with Crippen molar-refractivity contribution >= 4 is 5.78 Å². The monoisotopic (exact) mass is 165 g/mol. The Kier molecular flexibility index (Phi) is 1.34. The zero-order valence-corrected chi connectivity index (χ0v) is 7.24. The highest BCUT2D eigenvalue weighted by molar-refractivity contribution is 6.00. The number of carbonyl (C=O) groups excluding carboxylic acids is 1. The van der Waals surface area contributed by atoms with Gasteiger partial charge in [0.2, 0.25) is 0 Å². The Hall–Kier alpha value is -1.19. The van der Waals surface area contributed by atoms with Crippen LogP contribution in [0.4, 0.5) is 0 Å². The third-order valence-corrected chi connectivity index (χ3v) is 2.50. The molecular formula is C8H11N3O. The van der Waals surface area contributed by atoms with E-state index in [-0.39, 0.29) is 11.2 Å². The fourth-order valence-electron chi connectivity index (χ4n) is 1.22. The molecule has 1 fully saturated rings. The van der Waals surface area contributed by atoms with E-state index in [1.54, 1.807) is 7.05 Å². The SMILES string of the molecule is Cn1nncc1C(=O)C1(C)CC1. The number of aromatic nitrogens is 3. The number of ketones is 1. The van der Waals surface area contributed by atoms with Gasteiger partial charge in [0.15, 0.2) is 5.78 Å². The molecule has 4 heteroatoms. The quantitative estimate of drug-likeness (QED) is 0.609. The Morgan fingerprint density at radius 1 is 1.67 bits per heavy atom. The van der Waals surface area contributed by atoms with Gasteiger partial charge in [-0.15, -0.1) is 5.10 Å². The fraction of sp³-hybridized carbons (Fsp3) is 0.625. The van der Waals surface area contributed by atoms with Crippen molar-refractivity contribution in [2.24, 2.45) is 12.5 Å². The molecule has 12 heavy (non-hydrogen) atoms. The van der Waals surface area contributed by atoms with E-state index in [4.69, 9.17) is 0 Å². The topological polar surface area (TPSA) is 47.8 Å². The molecule has 1 aliphatic carbocycles. The van der Waals surface area contributed by atoms with Crippen molar-refractivity contribution in [1.82, 2.24) is 15.0 Å². The molecule has 0 saturated heterocycles. The number of rotatable bonds is 2. The zero-order valence-electron chi connectivity index (χ0n) is 7.24. The second-order valence-corrected chi connectivity index (χ2v) is 3.63. The predicted octanol–water partition coefficient (Wildman–Crippen LogP) is 0.798. The maximum Gasteiger partial charge on any atom is 0.188 e. The van der Waals surface area contributed by atoms with E-state index in [1.807, 2.05) is 6.92 Å². The van der Waals surface area contributed by atoms with Gasteiger partial charge in [0.05, 0.1) is 6.20 Å². The molecule has 1 heterocycles. The van der Waals surface area contributed by atoms with E-state index < -0.39 is 0 Å². The Balaban J connectivity index is 2.31. The summed E-state index contributed by atoms with van der Waals surface area (Å²) >= 11 is 0. The van der Waals surface area contributed by atoms with Crippen LogP contribution >= 0.6 is 0 Å². The molecule has 0 spiro atoms. The van der Waals surface area contributed by atoms with E-state index in [0.29, 0.717) is 5.69 Å². The van der Waals surface area contributed by atoms with Crippen molar-refractivity contribution in [3.63, 3.8) is 0 Å². The summed E-state index contributed by atoms with van der Waals surface area (Å²) in [5.41, 5.74) is 0.505. The molecule has 1 aromatic heterocycles. The summed E-state index contributed by atoms with van der Waals surface area (Å²) in [6.45, 7) is 1.99. The molecule has 0 aliphatic heterocycles. The molecule has 4 nitrogen and oxygen atoms in total. The highest BCUT2D eigenvalue weighted by atomic mass is 16.1. The van der Waals surface area contributed by atoms with Gasteiger partial charge in [0.25, 0.3) is 0 Å². The summed E-state index contributed by atoms with van der Waals surface area (Å²) in [6, 6.07) is 0. The van der Waals surface area contributed by atoms with Crippen LogP contribution in [0.3, 0.4) is 0 Å². The first kappa shape index (κ1) is 7.46. The van der Waals surface area contributed by atoms with Crippen LogP contribution in [0, 0.1) is 5.41 Å². The van der Waals surface area contributed by atoms with Crippen LogP contribution < -0.4 is 0 Å². The number of carbonyl (C=O) groups is 1. The molecule has 1 saturated carbocycles. The van der Waals surface area contributed by atoms with Crippen molar-refractivity contribution < 1.29 is 4.79 Å². The summed E-state index contributed by atoms with van der Waals surface area (Å²) in [4.78, 5) is 11.7. The Morgan fingerprint density at radius 3 is 2.75 bits per heavy atom. The minimum absolute atomic E-state index is 0.116. The summed E-state index contributed by atoms with van der Waals surface area (Å²) < 4.78 is 1.53. The van der Waals surface area contributed by atoms with Crippen LogP contribution in [-0.2, 0) is 7.05 Å². The number of hydrogen-bond donors (Lipinski definition) is 0. The molecule has 1 aromatic rings. The Labute approximate surface area is 70.6 Å². The first-order valence-corrected chi connectivity index (χ1v) is 4.03. The third-order valence-electron chi connectivity index (χ3n) is 2.50. The van der Waals surface area contributed by atoms with Gasteiger partial charge in [-0.1, -0.05) is 12.1 Å². The maximum atomic E-state index is 11.7. The maximum absolute atomic E-state index is 11.7. The summed E-state index contributed by atoms with van der Waals surface area (Å²) in [5, 5.41) is 7.40. The van der Waals surface area contributed by atoms with E-state index in [1.165, 1.54) is 10.9 Å². The molecule has 0 N–H and O–H groups in total. The molecule has 0 unspecified atom stereocenters. The normalized spacial score (nSPS) is 19.2. The Bertz CT molecular complexity index is 325. The lowest BCUT2D eigenvalue weighted by Gasteiger charge is -2.04. The fourth-order valence-corrected chi connectivity index (χ4v) is 1.22. The first-order chi connectivity index (χ1) is 5.63. The standard InChI is InChI=1S/C8H11N3O/c1-8(3-4-8)7(12)6-5-9-10-11(6)2/h5H,3-4H2,1-2H3. The summed E-state index contributed by atoms with van der Waals surface area (Å²) in [6.07, 6.45) is 3.53. The minimum Gasteiger partial charge on any atom is -0.292 e. The second kappa shape index (κ2) is 2.15. The minimum atomic E-state index is -0.116. The van der Waals surface area contributed by atoms with E-state index in [0.717, 1.165) is 12.8 Å². The molecule has 2 rings (SSSR count). The molecular weight excluding hydrogens is 154 g/mol. The van der Waals surface area contributed by atoms with Gasteiger partial charge in [-0.05, 0) is 12.8 Å². The van der Waals surface area contributed by atoms with Gasteiger partial charge < -0.3 is 0 Å². The van der Waals surface area contributed by atoms with Gasteiger partial charge in [-0.2, -0.15) is 0 Å². The molecule has 0 aromatic carbocycles. The van der Waals surface area contributed by atoms with Gasteiger partial charge in [0.1, 0.15) is 5.69 Å². The smallest absolute Gasteiger partial charge is 0.188 e. The van der Waals surface area contributed by atoms with Crippen LogP contribution in [0.2, 0.25) is 0 Å². The predicted molar refractivity (Wildman–Crippen MR) is 42.7 cm³/mol. The molecule has 64 valence electrons. The van der Waals surface area contributed by atoms with Gasteiger partial charge in [-0.25, -0.2) is 4.68 Å². The molecule has 0 bridgehead atoms. The number of aryl methyl sites for hydroxylation is 1. The van der Waals surface area contributed by atoms with Gasteiger partial charge in [0, 0.05) is 12.5 Å². The molecule has 0 atom stereocenters. The zero-order chi connectivity index (χ0) is 8.77. The summed E-state index contributed by atoms with van der Waals surface area (Å²) in [7, 11) is 1.74. The highest BCUT2D eigenvalue weighted by Crippen LogP contribution is 2.47. The van der Waals surface area contributed by atoms with E-state index >= 15 is 0 Å². The van der Waals surface area contributed by atoms with Crippen molar-refractivity contribution in [3.8, 4) is 0 Å². The largest absolute Gasteiger partial charge is 0.292 e. The average molecular weight is 165 g/mol. The van der Waals surface area contributed by atoms with Crippen molar-refractivity contribution in [3.05, 3.63) is 11.9 Å². The molecule has 0 amide bonds. The number of nitrogens with zero attached hydrogens (tertiary/aromatic N) is 3. The summed E-state index contributed by atoms with van der Waals surface area (Å²) in [5.74, 6) is 0.176. The van der Waals surface area contributed by atoms with Gasteiger partial charge in [-0.3, -0.25) is 4.79 Å². The first-order valence-electron chi connectivity index (χ1n) is 4.03. The number of hydrogen-bond acceptors (Lipinski definition) is 3. The highest BCUT2D eigenvalue weighted by Gasteiger charge is 2.46. The average Bonchev–Trinajstić information content (AvgIpc) is 2.63. The lowest BCUT2D eigenvalue weighted by atomic mass is 10.0. The molecule has 0 radical (unpaired) electrons. The number of Topliss-reactive ketones (excluding diaryl/α,β-unsaturated/α-hetero) is 1. The van der Waals surface area contributed by atoms with E-state index in [9.17, 15) is 4.79 Å². The lowest BCUT2D eigenvalue weighted by molar-refractivity contribution is 0.0903. The third kappa shape index (κ3) is 0.948. The van der Waals surface area contributed by atoms with Crippen molar-refractivity contribution in [1.29, 1.82) is 0 Å². The van der Waals surface area contributed by atoms with Crippen LogP contribution in [0.15, 0.2) is 6.20 Å². The van der Waals surface area contributed by atoms with Gasteiger partial charge >= 0.3 is 0 Å². The lowest BCUT2D eigenvalue weighted by Crippen LogP contribution is -2.15. The van der Waals surface area contributed by atoms with Crippen LogP contribution in [0.25, 0.3) is 0 Å². The van der Waals surface area contributed by atoms with Crippen LogP contribution in [0.1, 0.15) is 30.3 Å². The van der Waals surface area contributed by atoms with Crippen molar-refractivity contribution in [2.45, 2.75) is 19.8 Å². The molecule has 1 aliphatic rings. The van der Waals surface area contributed by atoms with E-state index in [2.05, 4.69) is 10.3 Å².